The van der Waals surface area contributed by atoms with Crippen LogP contribution in [0, 0.1) is 12.7 Å². The number of aromatic nitrogens is 1. The van der Waals surface area contributed by atoms with E-state index in [1.807, 2.05) is 11.8 Å². The molecule has 0 bridgehead atoms. The summed E-state index contributed by atoms with van der Waals surface area (Å²) < 4.78 is 18.4. The minimum atomic E-state index is -0.380. The molecule has 1 saturated heterocycles. The lowest BCUT2D eigenvalue weighted by molar-refractivity contribution is 0.0689. The molecule has 2 aromatic heterocycles. The average molecular weight is 331 g/mol. The zero-order valence-corrected chi connectivity index (χ0v) is 13.5. The van der Waals surface area contributed by atoms with Crippen LogP contribution < -0.4 is 10.3 Å². The summed E-state index contributed by atoms with van der Waals surface area (Å²) in [6, 6.07) is 5.57. The molecule has 0 radical (unpaired) electrons. The van der Waals surface area contributed by atoms with Crippen molar-refractivity contribution in [3.05, 3.63) is 58.0 Å². The fourth-order valence-electron chi connectivity index (χ4n) is 2.89. The molecule has 3 heterocycles. The third-order valence-electron chi connectivity index (χ3n) is 4.02. The van der Waals surface area contributed by atoms with Gasteiger partial charge in [0.15, 0.2) is 11.2 Å². The summed E-state index contributed by atoms with van der Waals surface area (Å²) in [5, 5.41) is 0. The Hall–Kier alpha value is -2.70. The Morgan fingerprint density at radius 1 is 1.33 bits per heavy atom. The van der Waals surface area contributed by atoms with Crippen molar-refractivity contribution in [1.29, 1.82) is 0 Å². The highest BCUT2D eigenvalue weighted by atomic mass is 19.1. The van der Waals surface area contributed by atoms with Crippen LogP contribution in [0.4, 0.5) is 10.2 Å². The average Bonchev–Trinajstić information content (AvgIpc) is 2.54. The Kier molecular flexibility index (Phi) is 4.33. The van der Waals surface area contributed by atoms with Gasteiger partial charge in [0.25, 0.3) is 5.91 Å². The van der Waals surface area contributed by atoms with Gasteiger partial charge in [0.1, 0.15) is 17.4 Å². The first-order valence-electron chi connectivity index (χ1n) is 7.73. The molecule has 24 heavy (non-hydrogen) atoms. The highest BCUT2D eigenvalue weighted by molar-refractivity contribution is 5.91. The quantitative estimate of drug-likeness (QED) is 0.840. The molecular formula is C17H18FN3O3. The van der Waals surface area contributed by atoms with Gasteiger partial charge in [-0.1, -0.05) is 0 Å². The number of anilines is 1. The number of pyridine rings is 1. The van der Waals surface area contributed by atoms with Gasteiger partial charge in [-0.3, -0.25) is 9.59 Å². The van der Waals surface area contributed by atoms with Crippen molar-refractivity contribution < 1.29 is 13.6 Å². The van der Waals surface area contributed by atoms with Gasteiger partial charge in [-0.05, 0) is 26.0 Å². The minimum Gasteiger partial charge on any atom is -0.456 e. The molecule has 0 aliphatic carbocycles. The van der Waals surface area contributed by atoms with Gasteiger partial charge in [0, 0.05) is 37.8 Å². The zero-order chi connectivity index (χ0) is 17.3. The molecule has 0 aromatic carbocycles. The maximum atomic E-state index is 13.0. The molecule has 3 rings (SSSR count). The summed E-state index contributed by atoms with van der Waals surface area (Å²) in [5.41, 5.74) is -0.246. The number of aryl methyl sites for hydroxylation is 1. The number of amides is 1. The van der Waals surface area contributed by atoms with E-state index in [-0.39, 0.29) is 29.0 Å². The normalized spacial score (nSPS) is 17.9. The van der Waals surface area contributed by atoms with Gasteiger partial charge >= 0.3 is 0 Å². The maximum Gasteiger partial charge on any atom is 0.289 e. The van der Waals surface area contributed by atoms with Crippen LogP contribution in [-0.2, 0) is 0 Å². The van der Waals surface area contributed by atoms with Crippen molar-refractivity contribution in [1.82, 2.24) is 9.88 Å². The van der Waals surface area contributed by atoms with E-state index in [1.54, 1.807) is 17.9 Å². The maximum absolute atomic E-state index is 13.0. The van der Waals surface area contributed by atoms with Crippen molar-refractivity contribution in [2.45, 2.75) is 19.9 Å². The molecule has 1 unspecified atom stereocenters. The Morgan fingerprint density at radius 3 is 2.75 bits per heavy atom. The predicted octanol–water partition coefficient (Wildman–Crippen LogP) is 1.83. The molecule has 0 saturated carbocycles. The minimum absolute atomic E-state index is 0.0113. The number of hydrogen-bond donors (Lipinski definition) is 0. The Morgan fingerprint density at radius 2 is 2.12 bits per heavy atom. The largest absolute Gasteiger partial charge is 0.456 e. The van der Waals surface area contributed by atoms with Crippen molar-refractivity contribution >= 4 is 11.7 Å². The molecule has 1 atom stereocenters. The van der Waals surface area contributed by atoms with E-state index in [1.165, 1.54) is 24.4 Å². The molecule has 0 spiro atoms. The topological polar surface area (TPSA) is 66.7 Å². The number of rotatable bonds is 2. The summed E-state index contributed by atoms with van der Waals surface area (Å²) in [4.78, 5) is 31.9. The van der Waals surface area contributed by atoms with E-state index in [9.17, 15) is 14.0 Å². The van der Waals surface area contributed by atoms with Crippen LogP contribution >= 0.6 is 0 Å². The van der Waals surface area contributed by atoms with E-state index >= 15 is 0 Å². The lowest BCUT2D eigenvalue weighted by atomic mass is 10.1. The lowest BCUT2D eigenvalue weighted by Crippen LogP contribution is -2.54. The summed E-state index contributed by atoms with van der Waals surface area (Å²) in [5.74, 6) is 0.468. The highest BCUT2D eigenvalue weighted by Crippen LogP contribution is 2.19. The number of piperazine rings is 1. The van der Waals surface area contributed by atoms with Gasteiger partial charge in [-0.2, -0.15) is 0 Å². The zero-order valence-electron chi connectivity index (χ0n) is 13.5. The molecule has 1 aliphatic heterocycles. The molecule has 1 fully saturated rings. The number of carbonyl (C=O) groups is 1. The fourth-order valence-corrected chi connectivity index (χ4v) is 2.89. The van der Waals surface area contributed by atoms with E-state index in [0.717, 1.165) is 0 Å². The van der Waals surface area contributed by atoms with Crippen LogP contribution in [0.25, 0.3) is 0 Å². The highest BCUT2D eigenvalue weighted by Gasteiger charge is 2.29. The molecule has 6 nitrogen and oxygen atoms in total. The second kappa shape index (κ2) is 6.43. The second-order valence-electron chi connectivity index (χ2n) is 5.90. The smallest absolute Gasteiger partial charge is 0.289 e. The summed E-state index contributed by atoms with van der Waals surface area (Å²) >= 11 is 0. The number of carbonyl (C=O) groups excluding carboxylic acids is 1. The first-order chi connectivity index (χ1) is 11.4. The monoisotopic (exact) mass is 331 g/mol. The Balaban J connectivity index is 1.74. The lowest BCUT2D eigenvalue weighted by Gasteiger charge is -2.40. The predicted molar refractivity (Wildman–Crippen MR) is 86.6 cm³/mol. The van der Waals surface area contributed by atoms with E-state index < -0.39 is 0 Å². The number of nitrogens with zero attached hydrogens (tertiary/aromatic N) is 3. The van der Waals surface area contributed by atoms with Gasteiger partial charge in [-0.25, -0.2) is 9.37 Å². The van der Waals surface area contributed by atoms with Crippen LogP contribution in [0.5, 0.6) is 0 Å². The third kappa shape index (κ3) is 3.29. The van der Waals surface area contributed by atoms with Gasteiger partial charge in [-0.15, -0.1) is 0 Å². The number of hydrogen-bond acceptors (Lipinski definition) is 5. The summed E-state index contributed by atoms with van der Waals surface area (Å²) in [6.07, 6.45) is 1.18. The second-order valence-corrected chi connectivity index (χ2v) is 5.90. The van der Waals surface area contributed by atoms with Crippen LogP contribution in [0.15, 0.2) is 39.7 Å². The molecule has 126 valence electrons. The Bertz CT molecular complexity index is 803. The first kappa shape index (κ1) is 16.2. The van der Waals surface area contributed by atoms with E-state index in [2.05, 4.69) is 4.98 Å². The molecule has 1 amide bonds. The third-order valence-corrected chi connectivity index (χ3v) is 4.02. The first-order valence-corrected chi connectivity index (χ1v) is 7.73. The summed E-state index contributed by atoms with van der Waals surface area (Å²) in [6.45, 7) is 5.12. The SMILES string of the molecule is Cc1cc(=O)cc(C(=O)N2CCN(c3ccc(F)cn3)C(C)C2)o1. The van der Waals surface area contributed by atoms with Crippen molar-refractivity contribution in [2.24, 2.45) is 0 Å². The number of halogens is 1. The van der Waals surface area contributed by atoms with Crippen LogP contribution in [0.3, 0.4) is 0 Å². The van der Waals surface area contributed by atoms with Crippen molar-refractivity contribution in [3.8, 4) is 0 Å². The van der Waals surface area contributed by atoms with Crippen LogP contribution in [0.2, 0.25) is 0 Å². The molecule has 0 N–H and O–H groups in total. The van der Waals surface area contributed by atoms with Crippen LogP contribution in [0.1, 0.15) is 23.2 Å². The Labute approximate surface area is 138 Å². The van der Waals surface area contributed by atoms with E-state index in [4.69, 9.17) is 4.42 Å². The standard InChI is InChI=1S/C17H18FN3O3/c1-11-10-20(17(23)15-8-14(22)7-12(2)24-15)5-6-21(11)16-4-3-13(18)9-19-16/h3-4,7-9,11H,5-6,10H2,1-2H3. The molecular weight excluding hydrogens is 313 g/mol. The van der Waals surface area contributed by atoms with Crippen molar-refractivity contribution in [3.63, 3.8) is 0 Å². The van der Waals surface area contributed by atoms with Gasteiger partial charge < -0.3 is 14.2 Å². The van der Waals surface area contributed by atoms with Crippen molar-refractivity contribution in [2.75, 3.05) is 24.5 Å². The van der Waals surface area contributed by atoms with Gasteiger partial charge in [0.2, 0.25) is 0 Å². The van der Waals surface area contributed by atoms with E-state index in [0.29, 0.717) is 31.2 Å². The molecule has 2 aromatic rings. The summed E-state index contributed by atoms with van der Waals surface area (Å²) in [7, 11) is 0. The molecule has 1 aliphatic rings. The van der Waals surface area contributed by atoms with Gasteiger partial charge in [0.05, 0.1) is 6.20 Å². The molecule has 7 heteroatoms. The van der Waals surface area contributed by atoms with Crippen LogP contribution in [-0.4, -0.2) is 41.5 Å². The fraction of sp³-hybridized carbons (Fsp3) is 0.353.